The highest BCUT2D eigenvalue weighted by atomic mass is 32.2. The van der Waals surface area contributed by atoms with Crippen LogP contribution in [0.5, 0.6) is 0 Å². The van der Waals surface area contributed by atoms with Gasteiger partial charge in [-0.25, -0.2) is 25.4 Å². The first-order valence-electron chi connectivity index (χ1n) is 6.18. The molecule has 6 nitrogen and oxygen atoms in total. The van der Waals surface area contributed by atoms with Gasteiger partial charge in [0.15, 0.2) is 0 Å². The molecule has 0 atom stereocenters. The molecule has 0 saturated carbocycles. The Morgan fingerprint density at radius 1 is 0.889 bits per heavy atom. The highest BCUT2D eigenvalue weighted by Crippen LogP contribution is 2.15. The van der Waals surface area contributed by atoms with Crippen molar-refractivity contribution in [1.29, 1.82) is 0 Å². The molecule has 0 aromatic carbocycles. The lowest BCUT2D eigenvalue weighted by Gasteiger charge is -2.20. The molecular formula is C10H22N2O4S2. The predicted octanol–water partition coefficient (Wildman–Crippen LogP) is -0.0605. The molecule has 1 heterocycles. The Morgan fingerprint density at radius 2 is 1.22 bits per heavy atom. The van der Waals surface area contributed by atoms with Gasteiger partial charge in [0.05, 0.1) is 11.5 Å². The van der Waals surface area contributed by atoms with Gasteiger partial charge in [0.2, 0.25) is 20.0 Å². The van der Waals surface area contributed by atoms with E-state index in [0.29, 0.717) is 13.1 Å². The van der Waals surface area contributed by atoms with E-state index in [1.165, 1.54) is 8.61 Å². The zero-order valence-corrected chi connectivity index (χ0v) is 12.8. The van der Waals surface area contributed by atoms with E-state index >= 15 is 0 Å². The maximum Gasteiger partial charge on any atom is 0.213 e. The van der Waals surface area contributed by atoms with Gasteiger partial charge in [-0.05, 0) is 19.8 Å². The van der Waals surface area contributed by atoms with Gasteiger partial charge in [-0.3, -0.25) is 0 Å². The molecule has 8 heteroatoms. The summed E-state index contributed by atoms with van der Waals surface area (Å²) in [6, 6.07) is 0. The van der Waals surface area contributed by atoms with Gasteiger partial charge >= 0.3 is 0 Å². The van der Waals surface area contributed by atoms with Crippen LogP contribution in [0.2, 0.25) is 0 Å². The van der Waals surface area contributed by atoms with E-state index in [4.69, 9.17) is 0 Å². The summed E-state index contributed by atoms with van der Waals surface area (Å²) >= 11 is 0. The van der Waals surface area contributed by atoms with Crippen LogP contribution in [-0.4, -0.2) is 63.1 Å². The highest BCUT2D eigenvalue weighted by Gasteiger charge is 2.31. The first-order chi connectivity index (χ1) is 8.23. The van der Waals surface area contributed by atoms with Crippen LogP contribution in [-0.2, 0) is 20.0 Å². The molecule has 0 aromatic heterocycles. The van der Waals surface area contributed by atoms with Crippen molar-refractivity contribution in [2.45, 2.75) is 20.8 Å². The third kappa shape index (κ3) is 3.66. The van der Waals surface area contributed by atoms with Crippen molar-refractivity contribution >= 4 is 20.0 Å². The molecule has 0 radical (unpaired) electrons. The van der Waals surface area contributed by atoms with Gasteiger partial charge in [0.1, 0.15) is 0 Å². The summed E-state index contributed by atoms with van der Waals surface area (Å²) in [7, 11) is -6.48. The van der Waals surface area contributed by atoms with E-state index in [1.807, 2.05) is 6.92 Å². The van der Waals surface area contributed by atoms with Gasteiger partial charge in [-0.1, -0.05) is 6.92 Å². The van der Waals surface area contributed by atoms with E-state index in [0.717, 1.165) is 0 Å². The average molecular weight is 298 g/mol. The van der Waals surface area contributed by atoms with E-state index < -0.39 is 20.0 Å². The van der Waals surface area contributed by atoms with Crippen molar-refractivity contribution < 1.29 is 16.8 Å². The Kier molecular flexibility index (Phi) is 5.16. The van der Waals surface area contributed by atoms with Gasteiger partial charge < -0.3 is 0 Å². The second kappa shape index (κ2) is 5.85. The van der Waals surface area contributed by atoms with Crippen LogP contribution in [0.25, 0.3) is 0 Å². The fraction of sp³-hybridized carbons (Fsp3) is 1.00. The molecule has 1 saturated heterocycles. The quantitative estimate of drug-likeness (QED) is 0.729. The zero-order chi connectivity index (χ0) is 14.0. The van der Waals surface area contributed by atoms with Crippen LogP contribution in [0.15, 0.2) is 0 Å². The highest BCUT2D eigenvalue weighted by molar-refractivity contribution is 7.89. The second-order valence-corrected chi connectivity index (χ2v) is 9.14. The second-order valence-electron chi connectivity index (χ2n) is 4.62. The Bertz CT molecular complexity index is 428. The lowest BCUT2D eigenvalue weighted by atomic mass is 10.2. The van der Waals surface area contributed by atoms with Crippen LogP contribution in [0.3, 0.4) is 0 Å². The maximum atomic E-state index is 11.8. The van der Waals surface area contributed by atoms with Crippen molar-refractivity contribution in [3.8, 4) is 0 Å². The Hall–Kier alpha value is -0.180. The summed E-state index contributed by atoms with van der Waals surface area (Å²) in [5.41, 5.74) is 0. The molecule has 0 unspecified atom stereocenters. The molecule has 0 aliphatic carbocycles. The minimum Gasteiger partial charge on any atom is -0.212 e. The Labute approximate surface area is 110 Å². The van der Waals surface area contributed by atoms with Crippen molar-refractivity contribution in [3.05, 3.63) is 0 Å². The minimum atomic E-state index is -3.24. The molecule has 1 aliphatic rings. The van der Waals surface area contributed by atoms with E-state index in [-0.39, 0.29) is 30.5 Å². The molecule has 18 heavy (non-hydrogen) atoms. The molecule has 0 spiro atoms. The van der Waals surface area contributed by atoms with Crippen molar-refractivity contribution in [3.63, 3.8) is 0 Å². The van der Waals surface area contributed by atoms with Crippen LogP contribution >= 0.6 is 0 Å². The van der Waals surface area contributed by atoms with Crippen LogP contribution in [0, 0.1) is 5.92 Å². The van der Waals surface area contributed by atoms with Gasteiger partial charge in [0, 0.05) is 26.2 Å². The smallest absolute Gasteiger partial charge is 0.212 e. The van der Waals surface area contributed by atoms with Gasteiger partial charge in [-0.2, -0.15) is 0 Å². The molecule has 0 aromatic rings. The molecule has 1 rings (SSSR count). The maximum absolute atomic E-state index is 11.8. The standard InChI is InChI=1S/C10H22N2O4S2/c1-4-17(13,14)11-6-7-12(9-10(3)8-11)18(15,16)5-2/h10H,4-9H2,1-3H3. The fourth-order valence-corrected chi connectivity index (χ4v) is 4.44. The molecule has 0 N–H and O–H groups in total. The Balaban J connectivity index is 2.89. The van der Waals surface area contributed by atoms with Crippen LogP contribution < -0.4 is 0 Å². The first-order valence-corrected chi connectivity index (χ1v) is 9.40. The van der Waals surface area contributed by atoms with Crippen molar-refractivity contribution in [2.24, 2.45) is 5.92 Å². The van der Waals surface area contributed by atoms with E-state index in [1.54, 1.807) is 13.8 Å². The largest absolute Gasteiger partial charge is 0.213 e. The lowest BCUT2D eigenvalue weighted by Crippen LogP contribution is -2.38. The van der Waals surface area contributed by atoms with Gasteiger partial charge in [-0.15, -0.1) is 0 Å². The average Bonchev–Trinajstić information content (AvgIpc) is 2.52. The van der Waals surface area contributed by atoms with Crippen LogP contribution in [0.1, 0.15) is 20.8 Å². The monoisotopic (exact) mass is 298 g/mol. The summed E-state index contributed by atoms with van der Waals surface area (Å²) < 4.78 is 50.2. The third-order valence-electron chi connectivity index (χ3n) is 3.15. The van der Waals surface area contributed by atoms with Crippen molar-refractivity contribution in [1.82, 2.24) is 8.61 Å². The van der Waals surface area contributed by atoms with Gasteiger partial charge in [0.25, 0.3) is 0 Å². The van der Waals surface area contributed by atoms with E-state index in [2.05, 4.69) is 0 Å². The lowest BCUT2D eigenvalue weighted by molar-refractivity contribution is 0.383. The normalized spacial score (nSPS) is 21.9. The molecule has 0 amide bonds. The number of hydrogen-bond acceptors (Lipinski definition) is 4. The molecule has 1 aliphatic heterocycles. The molecule has 108 valence electrons. The predicted molar refractivity (Wildman–Crippen MR) is 71.2 cm³/mol. The topological polar surface area (TPSA) is 74.8 Å². The fourth-order valence-electron chi connectivity index (χ4n) is 2.03. The number of rotatable bonds is 4. The zero-order valence-electron chi connectivity index (χ0n) is 11.2. The molecule has 0 bridgehead atoms. The summed E-state index contributed by atoms with van der Waals surface area (Å²) in [4.78, 5) is 0. The molecular weight excluding hydrogens is 276 g/mol. The Morgan fingerprint density at radius 3 is 1.50 bits per heavy atom. The SMILES string of the molecule is CCS(=O)(=O)N1CCN(S(=O)(=O)CC)CC(C)C1. The first kappa shape index (κ1) is 15.9. The summed E-state index contributed by atoms with van der Waals surface area (Å²) in [6.45, 7) is 6.37. The van der Waals surface area contributed by atoms with Crippen LogP contribution in [0.4, 0.5) is 0 Å². The third-order valence-corrected chi connectivity index (χ3v) is 6.84. The minimum absolute atomic E-state index is 0.00940. The van der Waals surface area contributed by atoms with Crippen molar-refractivity contribution in [2.75, 3.05) is 37.7 Å². The van der Waals surface area contributed by atoms with E-state index in [9.17, 15) is 16.8 Å². The summed E-state index contributed by atoms with van der Waals surface area (Å²) in [5.74, 6) is 0.121. The number of sulfonamides is 2. The summed E-state index contributed by atoms with van der Waals surface area (Å²) in [6.07, 6.45) is 0. The molecule has 1 fully saturated rings. The summed E-state index contributed by atoms with van der Waals surface area (Å²) in [5, 5.41) is 0. The number of hydrogen-bond donors (Lipinski definition) is 0. The number of nitrogens with zero attached hydrogens (tertiary/aromatic N) is 2.